The summed E-state index contributed by atoms with van der Waals surface area (Å²) in [5, 5.41) is 2.92. The fourth-order valence-electron chi connectivity index (χ4n) is 1.74. The Bertz CT molecular complexity index is 388. The van der Waals surface area contributed by atoms with Crippen molar-refractivity contribution in [2.45, 2.75) is 26.4 Å². The van der Waals surface area contributed by atoms with Crippen LogP contribution in [0.1, 0.15) is 19.4 Å². The number of carbonyl (C=O) groups excluding carboxylic acids is 1. The normalized spacial score (nSPS) is 12.8. The van der Waals surface area contributed by atoms with Crippen LogP contribution in [-0.4, -0.2) is 37.0 Å². The van der Waals surface area contributed by atoms with Gasteiger partial charge in [-0.15, -0.1) is 24.8 Å². The van der Waals surface area contributed by atoms with Crippen molar-refractivity contribution in [1.29, 1.82) is 0 Å². The van der Waals surface area contributed by atoms with Crippen molar-refractivity contribution < 1.29 is 4.79 Å². The van der Waals surface area contributed by atoms with Crippen LogP contribution in [0.25, 0.3) is 0 Å². The molecule has 2 atom stereocenters. The number of halogens is 2. The zero-order valence-corrected chi connectivity index (χ0v) is 14.5. The molecule has 21 heavy (non-hydrogen) atoms. The lowest BCUT2D eigenvalue weighted by atomic mass is 10.0. The fourth-order valence-corrected chi connectivity index (χ4v) is 1.74. The van der Waals surface area contributed by atoms with Gasteiger partial charge in [-0.2, -0.15) is 0 Å². The SMILES string of the molecule is CC(N)C(C)C(=O)NCCN(C)Cc1ccccc1.Cl.Cl. The Morgan fingerprint density at radius 1 is 1.24 bits per heavy atom. The Kier molecular flexibility index (Phi) is 12.6. The molecule has 2 unspecified atom stereocenters. The molecule has 0 fully saturated rings. The summed E-state index contributed by atoms with van der Waals surface area (Å²) in [4.78, 5) is 13.9. The summed E-state index contributed by atoms with van der Waals surface area (Å²) in [5.74, 6) is -0.109. The van der Waals surface area contributed by atoms with E-state index in [1.807, 2.05) is 39.1 Å². The van der Waals surface area contributed by atoms with E-state index in [2.05, 4.69) is 22.3 Å². The number of rotatable bonds is 7. The Morgan fingerprint density at radius 3 is 2.33 bits per heavy atom. The van der Waals surface area contributed by atoms with Gasteiger partial charge in [-0.25, -0.2) is 0 Å². The highest BCUT2D eigenvalue weighted by molar-refractivity contribution is 5.85. The molecule has 1 amide bonds. The van der Waals surface area contributed by atoms with Gasteiger partial charge in [0.15, 0.2) is 0 Å². The van der Waals surface area contributed by atoms with Crippen LogP contribution in [0.15, 0.2) is 30.3 Å². The average Bonchev–Trinajstić information content (AvgIpc) is 2.38. The third kappa shape index (κ3) is 8.94. The van der Waals surface area contributed by atoms with E-state index in [1.54, 1.807) is 0 Å². The second-order valence-electron chi connectivity index (χ2n) is 5.16. The largest absolute Gasteiger partial charge is 0.355 e. The van der Waals surface area contributed by atoms with Crippen LogP contribution in [0.3, 0.4) is 0 Å². The van der Waals surface area contributed by atoms with Gasteiger partial charge in [0.2, 0.25) is 5.91 Å². The smallest absolute Gasteiger partial charge is 0.224 e. The summed E-state index contributed by atoms with van der Waals surface area (Å²) >= 11 is 0. The van der Waals surface area contributed by atoms with Gasteiger partial charge in [0, 0.05) is 31.6 Å². The quantitative estimate of drug-likeness (QED) is 0.801. The van der Waals surface area contributed by atoms with E-state index in [0.717, 1.165) is 13.1 Å². The maximum atomic E-state index is 11.7. The number of carbonyl (C=O) groups is 1. The number of nitrogens with two attached hydrogens (primary N) is 1. The highest BCUT2D eigenvalue weighted by Crippen LogP contribution is 2.02. The van der Waals surface area contributed by atoms with Crippen molar-refractivity contribution >= 4 is 30.7 Å². The zero-order valence-electron chi connectivity index (χ0n) is 12.9. The Balaban J connectivity index is 0. The van der Waals surface area contributed by atoms with Crippen molar-refractivity contribution in [3.63, 3.8) is 0 Å². The predicted molar refractivity (Wildman–Crippen MR) is 93.1 cm³/mol. The van der Waals surface area contributed by atoms with E-state index in [1.165, 1.54) is 5.56 Å². The van der Waals surface area contributed by atoms with Gasteiger partial charge in [-0.05, 0) is 19.5 Å². The molecule has 0 spiro atoms. The number of nitrogens with zero attached hydrogens (tertiary/aromatic N) is 1. The molecule has 1 aromatic rings. The van der Waals surface area contributed by atoms with Gasteiger partial charge < -0.3 is 16.0 Å². The minimum atomic E-state index is -0.139. The Morgan fingerprint density at radius 2 is 1.81 bits per heavy atom. The Labute approximate surface area is 140 Å². The number of likely N-dealkylation sites (N-methyl/N-ethyl adjacent to an activating group) is 1. The van der Waals surface area contributed by atoms with Crippen LogP contribution in [0.4, 0.5) is 0 Å². The summed E-state index contributed by atoms with van der Waals surface area (Å²) in [5.41, 5.74) is 6.98. The molecule has 4 nitrogen and oxygen atoms in total. The molecule has 0 bridgehead atoms. The summed E-state index contributed by atoms with van der Waals surface area (Å²) in [7, 11) is 2.05. The molecule has 1 aromatic carbocycles. The van der Waals surface area contributed by atoms with Gasteiger partial charge in [-0.3, -0.25) is 4.79 Å². The van der Waals surface area contributed by atoms with E-state index in [0.29, 0.717) is 6.54 Å². The minimum absolute atomic E-state index is 0. The van der Waals surface area contributed by atoms with Crippen molar-refractivity contribution in [3.05, 3.63) is 35.9 Å². The second-order valence-corrected chi connectivity index (χ2v) is 5.16. The first-order valence-corrected chi connectivity index (χ1v) is 6.76. The molecule has 0 saturated carbocycles. The minimum Gasteiger partial charge on any atom is -0.355 e. The van der Waals surface area contributed by atoms with Crippen molar-refractivity contribution in [3.8, 4) is 0 Å². The van der Waals surface area contributed by atoms with Crippen molar-refractivity contribution in [1.82, 2.24) is 10.2 Å². The van der Waals surface area contributed by atoms with Crippen LogP contribution in [0, 0.1) is 5.92 Å². The molecule has 122 valence electrons. The van der Waals surface area contributed by atoms with Crippen LogP contribution in [0.5, 0.6) is 0 Å². The highest BCUT2D eigenvalue weighted by atomic mass is 35.5. The number of hydrogen-bond donors (Lipinski definition) is 2. The topological polar surface area (TPSA) is 58.4 Å². The molecule has 0 aliphatic carbocycles. The third-order valence-electron chi connectivity index (χ3n) is 3.29. The number of amides is 1. The molecule has 1 rings (SSSR count). The third-order valence-corrected chi connectivity index (χ3v) is 3.29. The maximum absolute atomic E-state index is 11.7. The molecule has 0 saturated heterocycles. The number of hydrogen-bond acceptors (Lipinski definition) is 3. The van der Waals surface area contributed by atoms with Gasteiger partial charge in [-0.1, -0.05) is 37.3 Å². The van der Waals surface area contributed by atoms with Crippen LogP contribution < -0.4 is 11.1 Å². The second kappa shape index (κ2) is 11.8. The Hall–Kier alpha value is -0.810. The standard InChI is InChI=1S/C15H25N3O.2ClH/c1-12(13(2)16)15(19)17-9-10-18(3)11-14-7-5-4-6-8-14;;/h4-8,12-13H,9-11,16H2,1-3H3,(H,17,19);2*1H. The maximum Gasteiger partial charge on any atom is 0.224 e. The summed E-state index contributed by atoms with van der Waals surface area (Å²) in [6.07, 6.45) is 0. The summed E-state index contributed by atoms with van der Waals surface area (Å²) in [6.45, 7) is 6.07. The molecular formula is C15H27Cl2N3O. The van der Waals surface area contributed by atoms with E-state index in [4.69, 9.17) is 5.73 Å². The lowest BCUT2D eigenvalue weighted by Gasteiger charge is -2.19. The van der Waals surface area contributed by atoms with Gasteiger partial charge in [0.1, 0.15) is 0 Å². The predicted octanol–water partition coefficient (Wildman–Crippen LogP) is 2.06. The molecular weight excluding hydrogens is 309 g/mol. The molecule has 0 radical (unpaired) electrons. The van der Waals surface area contributed by atoms with E-state index < -0.39 is 0 Å². The van der Waals surface area contributed by atoms with Crippen LogP contribution in [0.2, 0.25) is 0 Å². The molecule has 3 N–H and O–H groups in total. The van der Waals surface area contributed by atoms with Crippen LogP contribution >= 0.6 is 24.8 Å². The zero-order chi connectivity index (χ0) is 14.3. The van der Waals surface area contributed by atoms with E-state index in [-0.39, 0.29) is 42.7 Å². The molecule has 0 aliphatic heterocycles. The lowest BCUT2D eigenvalue weighted by Crippen LogP contribution is -2.41. The molecule has 0 aliphatic rings. The summed E-state index contributed by atoms with van der Waals surface area (Å²) < 4.78 is 0. The van der Waals surface area contributed by atoms with Gasteiger partial charge in [0.05, 0.1) is 0 Å². The van der Waals surface area contributed by atoms with Gasteiger partial charge >= 0.3 is 0 Å². The van der Waals surface area contributed by atoms with Crippen molar-refractivity contribution in [2.75, 3.05) is 20.1 Å². The lowest BCUT2D eigenvalue weighted by molar-refractivity contribution is -0.124. The highest BCUT2D eigenvalue weighted by Gasteiger charge is 2.16. The first-order chi connectivity index (χ1) is 9.00. The van der Waals surface area contributed by atoms with E-state index in [9.17, 15) is 4.79 Å². The van der Waals surface area contributed by atoms with Crippen molar-refractivity contribution in [2.24, 2.45) is 11.7 Å². The molecule has 0 heterocycles. The van der Waals surface area contributed by atoms with E-state index >= 15 is 0 Å². The first-order valence-electron chi connectivity index (χ1n) is 6.76. The number of benzene rings is 1. The van der Waals surface area contributed by atoms with Gasteiger partial charge in [0.25, 0.3) is 0 Å². The monoisotopic (exact) mass is 335 g/mol. The first kappa shape index (κ1) is 22.5. The van der Waals surface area contributed by atoms with Crippen LogP contribution in [-0.2, 0) is 11.3 Å². The average molecular weight is 336 g/mol. The fraction of sp³-hybridized carbons (Fsp3) is 0.533. The number of nitrogens with one attached hydrogen (secondary N) is 1. The molecule has 6 heteroatoms. The molecule has 0 aromatic heterocycles. The summed E-state index contributed by atoms with van der Waals surface area (Å²) in [6, 6.07) is 10.2.